The zero-order valence-electron chi connectivity index (χ0n) is 14.1. The van der Waals surface area contributed by atoms with E-state index in [9.17, 15) is 0 Å². The minimum absolute atomic E-state index is 0.195. The first-order valence-electron chi connectivity index (χ1n) is 8.25. The van der Waals surface area contributed by atoms with Crippen molar-refractivity contribution in [2.45, 2.75) is 59.5 Å². The molecule has 0 radical (unpaired) electrons. The van der Waals surface area contributed by atoms with E-state index in [1.54, 1.807) is 7.11 Å². The molecule has 0 spiro atoms. The molecule has 0 aromatic carbocycles. The molecule has 3 nitrogen and oxygen atoms in total. The molecule has 0 N–H and O–H groups in total. The van der Waals surface area contributed by atoms with Crippen LogP contribution in [0.15, 0.2) is 0 Å². The molecule has 20 heavy (non-hydrogen) atoms. The summed E-state index contributed by atoms with van der Waals surface area (Å²) < 4.78 is 17.0. The molecule has 120 valence electrons. The predicted molar refractivity (Wildman–Crippen MR) is 83.0 cm³/mol. The normalized spacial score (nSPS) is 28.8. The summed E-state index contributed by atoms with van der Waals surface area (Å²) in [6.07, 6.45) is 5.39. The van der Waals surface area contributed by atoms with E-state index in [0.717, 1.165) is 12.5 Å². The predicted octanol–water partition coefficient (Wildman–Crippen LogP) is 3.91. The highest BCUT2D eigenvalue weighted by molar-refractivity contribution is 4.94. The van der Waals surface area contributed by atoms with Crippen LogP contribution in [0.4, 0.5) is 0 Å². The SMILES string of the molecule is CCOC[C@H](OCCOC)C1(C(C)C)CCC[C@@H](C)C1. The molecule has 0 bridgehead atoms. The highest BCUT2D eigenvalue weighted by Gasteiger charge is 2.44. The van der Waals surface area contributed by atoms with Crippen LogP contribution >= 0.6 is 0 Å². The van der Waals surface area contributed by atoms with Crippen molar-refractivity contribution in [2.75, 3.05) is 33.5 Å². The highest BCUT2D eigenvalue weighted by Crippen LogP contribution is 2.48. The molecule has 1 aliphatic carbocycles. The maximum atomic E-state index is 6.19. The summed E-state index contributed by atoms with van der Waals surface area (Å²) in [7, 11) is 1.72. The Labute approximate surface area is 125 Å². The third kappa shape index (κ3) is 4.71. The van der Waals surface area contributed by atoms with E-state index in [4.69, 9.17) is 14.2 Å². The number of ether oxygens (including phenoxy) is 3. The van der Waals surface area contributed by atoms with Crippen molar-refractivity contribution in [2.24, 2.45) is 17.3 Å². The van der Waals surface area contributed by atoms with Gasteiger partial charge in [0, 0.05) is 19.1 Å². The van der Waals surface area contributed by atoms with Crippen LogP contribution in [0.2, 0.25) is 0 Å². The van der Waals surface area contributed by atoms with Crippen LogP contribution in [0.5, 0.6) is 0 Å². The summed E-state index contributed by atoms with van der Waals surface area (Å²) in [6, 6.07) is 0. The summed E-state index contributed by atoms with van der Waals surface area (Å²) in [5.41, 5.74) is 0.264. The van der Waals surface area contributed by atoms with Gasteiger partial charge in [0.25, 0.3) is 0 Å². The Balaban J connectivity index is 2.79. The van der Waals surface area contributed by atoms with E-state index >= 15 is 0 Å². The van der Waals surface area contributed by atoms with Gasteiger partial charge < -0.3 is 14.2 Å². The topological polar surface area (TPSA) is 27.7 Å². The molecule has 1 fully saturated rings. The molecule has 0 amide bonds. The average molecular weight is 286 g/mol. The maximum Gasteiger partial charge on any atom is 0.0868 e. The van der Waals surface area contributed by atoms with E-state index < -0.39 is 0 Å². The van der Waals surface area contributed by atoms with Gasteiger partial charge in [0.1, 0.15) is 0 Å². The first kappa shape index (κ1) is 17.9. The van der Waals surface area contributed by atoms with Crippen LogP contribution in [0.25, 0.3) is 0 Å². The number of hydrogen-bond donors (Lipinski definition) is 0. The van der Waals surface area contributed by atoms with Crippen LogP contribution in [0.3, 0.4) is 0 Å². The maximum absolute atomic E-state index is 6.19. The molecule has 1 unspecified atom stereocenters. The minimum Gasteiger partial charge on any atom is -0.382 e. The van der Waals surface area contributed by atoms with E-state index in [1.807, 2.05) is 0 Å². The Morgan fingerprint density at radius 3 is 2.55 bits per heavy atom. The lowest BCUT2D eigenvalue weighted by Crippen LogP contribution is -2.47. The van der Waals surface area contributed by atoms with Crippen molar-refractivity contribution in [3.63, 3.8) is 0 Å². The van der Waals surface area contributed by atoms with Crippen molar-refractivity contribution in [1.29, 1.82) is 0 Å². The molecular formula is C17H34O3. The lowest BCUT2D eigenvalue weighted by Gasteiger charge is -2.48. The van der Waals surface area contributed by atoms with Gasteiger partial charge in [-0.05, 0) is 31.6 Å². The zero-order valence-corrected chi connectivity index (χ0v) is 14.1. The lowest BCUT2D eigenvalue weighted by molar-refractivity contribution is -0.130. The van der Waals surface area contributed by atoms with Gasteiger partial charge in [-0.15, -0.1) is 0 Å². The van der Waals surface area contributed by atoms with Gasteiger partial charge in [-0.3, -0.25) is 0 Å². The van der Waals surface area contributed by atoms with Crippen LogP contribution in [0.1, 0.15) is 53.4 Å². The van der Waals surface area contributed by atoms with Crippen LogP contribution in [-0.4, -0.2) is 39.6 Å². The molecule has 3 atom stereocenters. The molecule has 1 saturated carbocycles. The molecule has 0 aromatic heterocycles. The summed E-state index contributed by atoms with van der Waals surface area (Å²) in [6.45, 7) is 11.9. The second-order valence-corrected chi connectivity index (χ2v) is 6.60. The van der Waals surface area contributed by atoms with Crippen molar-refractivity contribution in [1.82, 2.24) is 0 Å². The Hall–Kier alpha value is -0.120. The first-order valence-corrected chi connectivity index (χ1v) is 8.25. The van der Waals surface area contributed by atoms with E-state index in [-0.39, 0.29) is 11.5 Å². The third-order valence-electron chi connectivity index (χ3n) is 4.94. The molecule has 3 heteroatoms. The average Bonchev–Trinajstić information content (AvgIpc) is 2.42. The van der Waals surface area contributed by atoms with Crippen molar-refractivity contribution in [3.05, 3.63) is 0 Å². The van der Waals surface area contributed by atoms with Gasteiger partial charge in [-0.1, -0.05) is 33.6 Å². The molecular weight excluding hydrogens is 252 g/mol. The fourth-order valence-corrected chi connectivity index (χ4v) is 3.70. The van der Waals surface area contributed by atoms with Crippen LogP contribution < -0.4 is 0 Å². The monoisotopic (exact) mass is 286 g/mol. The van der Waals surface area contributed by atoms with E-state index in [1.165, 1.54) is 25.7 Å². The van der Waals surface area contributed by atoms with Gasteiger partial charge in [0.2, 0.25) is 0 Å². The van der Waals surface area contributed by atoms with Crippen LogP contribution in [-0.2, 0) is 14.2 Å². The Kier molecular flexibility index (Phi) is 8.08. The number of methoxy groups -OCH3 is 1. The fourth-order valence-electron chi connectivity index (χ4n) is 3.70. The smallest absolute Gasteiger partial charge is 0.0868 e. The van der Waals surface area contributed by atoms with Crippen molar-refractivity contribution < 1.29 is 14.2 Å². The summed E-state index contributed by atoms with van der Waals surface area (Å²) in [4.78, 5) is 0. The lowest BCUT2D eigenvalue weighted by atomic mass is 9.61. The van der Waals surface area contributed by atoms with E-state index in [0.29, 0.717) is 25.7 Å². The number of rotatable bonds is 9. The van der Waals surface area contributed by atoms with Gasteiger partial charge in [-0.2, -0.15) is 0 Å². The van der Waals surface area contributed by atoms with E-state index in [2.05, 4.69) is 27.7 Å². The molecule has 1 aliphatic rings. The minimum atomic E-state index is 0.195. The second-order valence-electron chi connectivity index (χ2n) is 6.60. The van der Waals surface area contributed by atoms with Gasteiger partial charge in [-0.25, -0.2) is 0 Å². The first-order chi connectivity index (χ1) is 9.56. The third-order valence-corrected chi connectivity index (χ3v) is 4.94. The molecule has 0 aromatic rings. The molecule has 1 rings (SSSR count). The second kappa shape index (κ2) is 9.01. The summed E-state index contributed by atoms with van der Waals surface area (Å²) in [5, 5.41) is 0. The van der Waals surface area contributed by atoms with Crippen LogP contribution in [0, 0.1) is 17.3 Å². The van der Waals surface area contributed by atoms with Crippen molar-refractivity contribution in [3.8, 4) is 0 Å². The standard InChI is InChI=1S/C17H34O3/c1-6-19-13-16(20-11-10-18-5)17(14(2)3)9-7-8-15(4)12-17/h14-16H,6-13H2,1-5H3/t15-,16+,17?/m1/s1. The Morgan fingerprint density at radius 2 is 2.00 bits per heavy atom. The Morgan fingerprint density at radius 1 is 1.25 bits per heavy atom. The number of hydrogen-bond acceptors (Lipinski definition) is 3. The van der Waals surface area contributed by atoms with Crippen molar-refractivity contribution >= 4 is 0 Å². The fraction of sp³-hybridized carbons (Fsp3) is 1.00. The molecule has 0 saturated heterocycles. The molecule has 0 heterocycles. The highest BCUT2D eigenvalue weighted by atomic mass is 16.5. The van der Waals surface area contributed by atoms with Gasteiger partial charge in [0.15, 0.2) is 0 Å². The quantitative estimate of drug-likeness (QED) is 0.602. The molecule has 0 aliphatic heterocycles. The zero-order chi connectivity index (χ0) is 15.0. The van der Waals surface area contributed by atoms with Gasteiger partial charge in [0.05, 0.1) is 25.9 Å². The summed E-state index contributed by atoms with van der Waals surface area (Å²) >= 11 is 0. The summed E-state index contributed by atoms with van der Waals surface area (Å²) in [5.74, 6) is 1.42. The largest absolute Gasteiger partial charge is 0.382 e. The van der Waals surface area contributed by atoms with Gasteiger partial charge >= 0.3 is 0 Å². The Bertz CT molecular complexity index is 255.